The molecule has 0 amide bonds. The number of hydrogen-bond acceptors (Lipinski definition) is 2. The second-order valence-corrected chi connectivity index (χ2v) is 5.54. The Hall–Kier alpha value is -1.02. The monoisotopic (exact) mass is 231 g/mol. The third-order valence-corrected chi connectivity index (χ3v) is 4.25. The molecule has 1 fully saturated rings. The van der Waals surface area contributed by atoms with E-state index in [4.69, 9.17) is 10.5 Å². The molecule has 1 aliphatic carbocycles. The molecular weight excluding hydrogens is 210 g/mol. The Morgan fingerprint density at radius 1 is 1.35 bits per heavy atom. The van der Waals surface area contributed by atoms with Crippen LogP contribution in [0.2, 0.25) is 0 Å². The van der Waals surface area contributed by atoms with Crippen LogP contribution in [0.5, 0.6) is 5.75 Å². The van der Waals surface area contributed by atoms with Crippen molar-refractivity contribution in [1.29, 1.82) is 0 Å². The first-order valence-corrected chi connectivity index (χ1v) is 6.77. The van der Waals surface area contributed by atoms with Gasteiger partial charge < -0.3 is 10.5 Å². The Morgan fingerprint density at radius 2 is 2.18 bits per heavy atom. The molecule has 3 rings (SSSR count). The van der Waals surface area contributed by atoms with Crippen LogP contribution in [0.4, 0.5) is 0 Å². The van der Waals surface area contributed by atoms with Gasteiger partial charge in [0.2, 0.25) is 0 Å². The van der Waals surface area contributed by atoms with Gasteiger partial charge in [-0.05, 0) is 54.7 Å². The van der Waals surface area contributed by atoms with Gasteiger partial charge in [0, 0.05) is 6.04 Å². The summed E-state index contributed by atoms with van der Waals surface area (Å²) in [5, 5.41) is 0. The lowest BCUT2D eigenvalue weighted by atomic mass is 9.89. The second-order valence-electron chi connectivity index (χ2n) is 5.54. The Kier molecular flexibility index (Phi) is 2.83. The lowest BCUT2D eigenvalue weighted by Crippen LogP contribution is -2.21. The molecule has 0 radical (unpaired) electrons. The Balaban J connectivity index is 1.82. The van der Waals surface area contributed by atoms with E-state index in [1.54, 1.807) is 0 Å². The third kappa shape index (κ3) is 2.19. The van der Waals surface area contributed by atoms with Crippen LogP contribution in [0.15, 0.2) is 18.2 Å². The first-order valence-electron chi connectivity index (χ1n) is 6.77. The van der Waals surface area contributed by atoms with Crippen LogP contribution in [0.1, 0.15) is 43.4 Å². The number of fused-ring (bicyclic) bond motifs is 1. The zero-order valence-electron chi connectivity index (χ0n) is 10.5. The average Bonchev–Trinajstić information content (AvgIpc) is 3.21. The van der Waals surface area contributed by atoms with Crippen molar-refractivity contribution in [2.24, 2.45) is 17.6 Å². The Bertz CT molecular complexity index is 411. The zero-order valence-corrected chi connectivity index (χ0v) is 10.5. The van der Waals surface area contributed by atoms with Gasteiger partial charge in [0.05, 0.1) is 6.61 Å². The van der Waals surface area contributed by atoms with Gasteiger partial charge in [-0.1, -0.05) is 19.1 Å². The zero-order chi connectivity index (χ0) is 11.8. The topological polar surface area (TPSA) is 35.2 Å². The molecule has 0 bridgehead atoms. The maximum absolute atomic E-state index is 6.37. The van der Waals surface area contributed by atoms with E-state index in [1.165, 1.54) is 24.0 Å². The van der Waals surface area contributed by atoms with E-state index < -0.39 is 0 Å². The number of ether oxygens (including phenoxy) is 1. The number of hydrogen-bond donors (Lipinski definition) is 1. The summed E-state index contributed by atoms with van der Waals surface area (Å²) < 4.78 is 5.64. The van der Waals surface area contributed by atoms with Gasteiger partial charge >= 0.3 is 0 Å². The summed E-state index contributed by atoms with van der Waals surface area (Å²) in [6.07, 6.45) is 4.99. The molecule has 0 saturated heterocycles. The highest BCUT2D eigenvalue weighted by Crippen LogP contribution is 2.42. The van der Waals surface area contributed by atoms with Gasteiger partial charge in [-0.25, -0.2) is 0 Å². The summed E-state index contributed by atoms with van der Waals surface area (Å²) in [7, 11) is 0. The van der Waals surface area contributed by atoms with Crippen LogP contribution in [0.3, 0.4) is 0 Å². The van der Waals surface area contributed by atoms with Crippen LogP contribution in [0, 0.1) is 11.8 Å². The highest BCUT2D eigenvalue weighted by atomic mass is 16.5. The number of benzene rings is 1. The van der Waals surface area contributed by atoms with Crippen LogP contribution in [-0.2, 0) is 6.42 Å². The smallest absolute Gasteiger partial charge is 0.122 e. The molecule has 2 heteroatoms. The molecule has 2 atom stereocenters. The summed E-state index contributed by atoms with van der Waals surface area (Å²) in [6.45, 7) is 3.15. The summed E-state index contributed by atoms with van der Waals surface area (Å²) >= 11 is 0. The predicted molar refractivity (Wildman–Crippen MR) is 69.1 cm³/mol. The fourth-order valence-electron chi connectivity index (χ4n) is 2.81. The molecule has 1 saturated carbocycles. The minimum absolute atomic E-state index is 0.190. The molecule has 2 nitrogen and oxygen atoms in total. The quantitative estimate of drug-likeness (QED) is 0.867. The molecular formula is C15H21NO. The standard InChI is InChI=1S/C15H21NO/c1-10(11-4-5-11)15(16)13-6-7-14-12(9-13)3-2-8-17-14/h6-7,9-11,15H,2-5,8,16H2,1H3. The Morgan fingerprint density at radius 3 is 2.94 bits per heavy atom. The van der Waals surface area contributed by atoms with Crippen LogP contribution < -0.4 is 10.5 Å². The lowest BCUT2D eigenvalue weighted by molar-refractivity contribution is 0.288. The highest BCUT2D eigenvalue weighted by Gasteiger charge is 2.32. The maximum Gasteiger partial charge on any atom is 0.122 e. The summed E-state index contributed by atoms with van der Waals surface area (Å²) in [6, 6.07) is 6.70. The van der Waals surface area contributed by atoms with Gasteiger partial charge in [-0.15, -0.1) is 0 Å². The summed E-state index contributed by atoms with van der Waals surface area (Å²) in [5.74, 6) is 2.53. The fourth-order valence-corrected chi connectivity index (χ4v) is 2.81. The van der Waals surface area contributed by atoms with Gasteiger partial charge in [-0.2, -0.15) is 0 Å². The van der Waals surface area contributed by atoms with Crippen LogP contribution >= 0.6 is 0 Å². The van der Waals surface area contributed by atoms with Gasteiger partial charge in [0.15, 0.2) is 0 Å². The number of aryl methyl sites for hydroxylation is 1. The van der Waals surface area contributed by atoms with E-state index in [0.29, 0.717) is 5.92 Å². The van der Waals surface area contributed by atoms with Crippen molar-refractivity contribution in [3.05, 3.63) is 29.3 Å². The second kappa shape index (κ2) is 4.34. The van der Waals surface area contributed by atoms with Crippen molar-refractivity contribution >= 4 is 0 Å². The SMILES string of the molecule is CC(C1CC1)C(N)c1ccc2c(c1)CCCO2. The van der Waals surface area contributed by atoms with Crippen molar-refractivity contribution in [1.82, 2.24) is 0 Å². The molecule has 0 spiro atoms. The van der Waals surface area contributed by atoms with Gasteiger partial charge in [0.1, 0.15) is 5.75 Å². The number of rotatable bonds is 3. The minimum Gasteiger partial charge on any atom is -0.493 e. The van der Waals surface area contributed by atoms with Gasteiger partial charge in [-0.3, -0.25) is 0 Å². The Labute approximate surface area is 103 Å². The van der Waals surface area contributed by atoms with Crippen molar-refractivity contribution < 1.29 is 4.74 Å². The van der Waals surface area contributed by atoms with E-state index >= 15 is 0 Å². The minimum atomic E-state index is 0.190. The molecule has 0 aromatic heterocycles. The van der Waals surface area contributed by atoms with E-state index in [-0.39, 0.29) is 6.04 Å². The van der Waals surface area contributed by atoms with Crippen LogP contribution in [0.25, 0.3) is 0 Å². The van der Waals surface area contributed by atoms with Crippen molar-refractivity contribution in [2.45, 2.75) is 38.6 Å². The third-order valence-electron chi connectivity index (χ3n) is 4.25. The number of nitrogens with two attached hydrogens (primary N) is 1. The molecule has 1 heterocycles. The average molecular weight is 231 g/mol. The lowest BCUT2D eigenvalue weighted by Gasteiger charge is -2.23. The molecule has 2 N–H and O–H groups in total. The van der Waals surface area contributed by atoms with E-state index in [0.717, 1.165) is 31.1 Å². The largest absolute Gasteiger partial charge is 0.493 e. The van der Waals surface area contributed by atoms with Gasteiger partial charge in [0.25, 0.3) is 0 Å². The van der Waals surface area contributed by atoms with Crippen LogP contribution in [-0.4, -0.2) is 6.61 Å². The van der Waals surface area contributed by atoms with Crippen molar-refractivity contribution in [2.75, 3.05) is 6.61 Å². The molecule has 92 valence electrons. The molecule has 17 heavy (non-hydrogen) atoms. The molecule has 1 aromatic carbocycles. The van der Waals surface area contributed by atoms with E-state index in [1.807, 2.05) is 0 Å². The summed E-state index contributed by atoms with van der Waals surface area (Å²) in [4.78, 5) is 0. The van der Waals surface area contributed by atoms with E-state index in [2.05, 4.69) is 25.1 Å². The van der Waals surface area contributed by atoms with Crippen molar-refractivity contribution in [3.8, 4) is 5.75 Å². The van der Waals surface area contributed by atoms with E-state index in [9.17, 15) is 0 Å². The molecule has 2 aliphatic rings. The van der Waals surface area contributed by atoms with Crippen molar-refractivity contribution in [3.63, 3.8) is 0 Å². The fraction of sp³-hybridized carbons (Fsp3) is 0.600. The first kappa shape index (κ1) is 11.1. The highest BCUT2D eigenvalue weighted by molar-refractivity contribution is 5.39. The first-order chi connectivity index (χ1) is 8.25. The molecule has 2 unspecified atom stereocenters. The maximum atomic E-state index is 6.37. The summed E-state index contributed by atoms with van der Waals surface area (Å²) in [5.41, 5.74) is 9.00. The molecule has 1 aliphatic heterocycles. The predicted octanol–water partition coefficient (Wildman–Crippen LogP) is 3.06. The normalized spacial score (nSPS) is 22.5. The molecule has 1 aromatic rings.